The number of halogens is 2. The third-order valence-corrected chi connectivity index (χ3v) is 6.39. The fourth-order valence-corrected chi connectivity index (χ4v) is 4.64. The lowest BCUT2D eigenvalue weighted by molar-refractivity contribution is 0.0343. The van der Waals surface area contributed by atoms with Gasteiger partial charge in [0, 0.05) is 41.4 Å². The number of rotatable bonds is 8. The lowest BCUT2D eigenvalue weighted by atomic mass is 9.99. The second-order valence-corrected chi connectivity index (χ2v) is 9.06. The zero-order valence-corrected chi connectivity index (χ0v) is 20.6. The van der Waals surface area contributed by atoms with Crippen molar-refractivity contribution in [2.45, 2.75) is 38.5 Å². The molecule has 3 N–H and O–H groups in total. The quantitative estimate of drug-likeness (QED) is 0.293. The van der Waals surface area contributed by atoms with E-state index in [-0.39, 0.29) is 17.5 Å². The van der Waals surface area contributed by atoms with Crippen molar-refractivity contribution in [3.05, 3.63) is 87.2 Å². The Hall–Kier alpha value is -3.13. The van der Waals surface area contributed by atoms with Gasteiger partial charge in [-0.2, -0.15) is 0 Å². The highest BCUT2D eigenvalue weighted by atomic mass is 35.5. The number of benzene rings is 2. The molecule has 0 amide bonds. The number of hydrogen-bond donors (Lipinski definition) is 3. The molecule has 0 saturated carbocycles. The summed E-state index contributed by atoms with van der Waals surface area (Å²) in [6.07, 6.45) is 5.38. The highest BCUT2D eigenvalue weighted by Crippen LogP contribution is 2.34. The van der Waals surface area contributed by atoms with E-state index in [0.717, 1.165) is 24.9 Å². The molecule has 35 heavy (non-hydrogen) atoms. The number of aromatic carboxylic acids is 1. The number of carboxylic acids is 1. The molecule has 1 aromatic heterocycles. The monoisotopic (exact) mass is 513 g/mol. The van der Waals surface area contributed by atoms with Gasteiger partial charge < -0.3 is 19.9 Å². The van der Waals surface area contributed by atoms with Gasteiger partial charge in [0.15, 0.2) is 0 Å². The minimum Gasteiger partial charge on any atom is -0.486 e. The van der Waals surface area contributed by atoms with Crippen LogP contribution in [0.4, 0.5) is 5.69 Å². The van der Waals surface area contributed by atoms with Gasteiger partial charge >= 0.3 is 5.97 Å². The number of nitrogens with zero attached hydrogens (tertiary/aromatic N) is 1. The maximum atomic E-state index is 11.2. The van der Waals surface area contributed by atoms with Gasteiger partial charge in [-0.05, 0) is 56.5 Å². The molecule has 0 bridgehead atoms. The summed E-state index contributed by atoms with van der Waals surface area (Å²) >= 11 is 12.6. The van der Waals surface area contributed by atoms with Crippen molar-refractivity contribution in [1.29, 1.82) is 5.41 Å². The van der Waals surface area contributed by atoms with Crippen LogP contribution in [0.2, 0.25) is 10.0 Å². The Balaban J connectivity index is 1.66. The van der Waals surface area contributed by atoms with Gasteiger partial charge in [0.05, 0.1) is 21.3 Å². The van der Waals surface area contributed by atoms with E-state index in [4.69, 9.17) is 38.1 Å². The number of ether oxygens (including phenoxy) is 2. The first-order valence-corrected chi connectivity index (χ1v) is 12.0. The smallest absolute Gasteiger partial charge is 0.335 e. The van der Waals surface area contributed by atoms with Crippen molar-refractivity contribution in [1.82, 2.24) is 4.98 Å². The van der Waals surface area contributed by atoms with Crippen molar-refractivity contribution in [3.8, 4) is 5.75 Å². The summed E-state index contributed by atoms with van der Waals surface area (Å²) < 4.78 is 12.0. The molecule has 2 aromatic carbocycles. The predicted octanol–water partition coefficient (Wildman–Crippen LogP) is 6.58. The summed E-state index contributed by atoms with van der Waals surface area (Å²) in [6.45, 7) is 2.53. The predicted molar refractivity (Wildman–Crippen MR) is 136 cm³/mol. The molecule has 0 aliphatic carbocycles. The molecule has 1 fully saturated rings. The zero-order valence-electron chi connectivity index (χ0n) is 19.1. The first-order chi connectivity index (χ1) is 16.8. The van der Waals surface area contributed by atoms with Gasteiger partial charge in [-0.25, -0.2) is 4.79 Å². The van der Waals surface area contributed by atoms with Gasteiger partial charge in [-0.3, -0.25) is 10.4 Å². The maximum Gasteiger partial charge on any atom is 0.335 e. The number of aromatic nitrogens is 1. The van der Waals surface area contributed by atoms with Crippen molar-refractivity contribution >= 4 is 40.6 Å². The Bertz CT molecular complexity index is 1210. The van der Waals surface area contributed by atoms with Crippen LogP contribution in [0, 0.1) is 5.41 Å². The van der Waals surface area contributed by atoms with Crippen molar-refractivity contribution in [2.24, 2.45) is 0 Å². The maximum absolute atomic E-state index is 11.2. The van der Waals surface area contributed by atoms with Crippen molar-refractivity contribution in [2.75, 3.05) is 11.9 Å². The van der Waals surface area contributed by atoms with E-state index in [0.29, 0.717) is 39.1 Å². The lowest BCUT2D eigenvalue weighted by Crippen LogP contribution is -2.28. The van der Waals surface area contributed by atoms with Crippen LogP contribution in [0.5, 0.6) is 5.75 Å². The van der Waals surface area contributed by atoms with Crippen LogP contribution >= 0.6 is 23.2 Å². The fraction of sp³-hybridized carbons (Fsp3) is 0.269. The molecule has 2 heterocycles. The third-order valence-electron chi connectivity index (χ3n) is 5.79. The van der Waals surface area contributed by atoms with Crippen LogP contribution in [0.3, 0.4) is 0 Å². The summed E-state index contributed by atoms with van der Waals surface area (Å²) in [4.78, 5) is 15.2. The minimum absolute atomic E-state index is 0.148. The van der Waals surface area contributed by atoms with Gasteiger partial charge in [0.25, 0.3) is 0 Å². The second kappa shape index (κ2) is 11.1. The SMILES string of the molecule is C[C@@H](Oc1ccc(NC2CCCCO2)c(C(=N)c2ccc(C(=O)O)cc2)c1)c1c(Cl)cncc1Cl. The molecule has 1 unspecified atom stereocenters. The van der Waals surface area contributed by atoms with Crippen LogP contribution in [0.25, 0.3) is 0 Å². The third kappa shape index (κ3) is 5.93. The Kier molecular flexibility index (Phi) is 7.90. The van der Waals surface area contributed by atoms with E-state index < -0.39 is 12.1 Å². The van der Waals surface area contributed by atoms with E-state index in [1.54, 1.807) is 18.2 Å². The lowest BCUT2D eigenvalue weighted by Gasteiger charge is -2.26. The van der Waals surface area contributed by atoms with Crippen LogP contribution in [-0.4, -0.2) is 34.6 Å². The molecule has 3 aromatic rings. The highest BCUT2D eigenvalue weighted by Gasteiger charge is 2.20. The summed E-state index contributed by atoms with van der Waals surface area (Å²) in [5, 5.41) is 22.3. The molecule has 1 aliphatic rings. The molecule has 182 valence electrons. The van der Waals surface area contributed by atoms with E-state index >= 15 is 0 Å². The topological polar surface area (TPSA) is 105 Å². The van der Waals surface area contributed by atoms with E-state index in [1.165, 1.54) is 24.5 Å². The molecule has 4 rings (SSSR count). The van der Waals surface area contributed by atoms with Crippen molar-refractivity contribution in [3.63, 3.8) is 0 Å². The normalized spacial score (nSPS) is 16.4. The van der Waals surface area contributed by atoms with Crippen LogP contribution in [0.1, 0.15) is 59.3 Å². The van der Waals surface area contributed by atoms with E-state index in [9.17, 15) is 9.90 Å². The molecule has 2 atom stereocenters. The summed E-state index contributed by atoms with van der Waals surface area (Å²) in [5.74, 6) is -0.490. The number of carbonyl (C=O) groups is 1. The summed E-state index contributed by atoms with van der Waals surface area (Å²) in [5.41, 5.74) is 2.91. The molecule has 1 saturated heterocycles. The largest absolute Gasteiger partial charge is 0.486 e. The molecule has 0 spiro atoms. The molecule has 9 heteroatoms. The molecule has 7 nitrogen and oxygen atoms in total. The average molecular weight is 514 g/mol. The van der Waals surface area contributed by atoms with Gasteiger partial charge in [0.2, 0.25) is 0 Å². The van der Waals surface area contributed by atoms with Gasteiger partial charge in [0.1, 0.15) is 18.1 Å². The first-order valence-electron chi connectivity index (χ1n) is 11.2. The molecule has 0 radical (unpaired) electrons. The number of nitrogens with one attached hydrogen (secondary N) is 2. The Morgan fingerprint density at radius 2 is 1.83 bits per heavy atom. The summed E-state index contributed by atoms with van der Waals surface area (Å²) in [6, 6.07) is 11.7. The number of carboxylic acid groups (broad SMARTS) is 1. The van der Waals surface area contributed by atoms with Crippen LogP contribution < -0.4 is 10.1 Å². The van der Waals surface area contributed by atoms with Crippen LogP contribution in [-0.2, 0) is 4.74 Å². The van der Waals surface area contributed by atoms with Crippen LogP contribution in [0.15, 0.2) is 54.9 Å². The number of pyridine rings is 1. The zero-order chi connectivity index (χ0) is 24.9. The second-order valence-electron chi connectivity index (χ2n) is 8.24. The molecular formula is C26H25Cl2N3O4. The summed E-state index contributed by atoms with van der Waals surface area (Å²) in [7, 11) is 0. The first kappa shape index (κ1) is 25.0. The Morgan fingerprint density at radius 3 is 2.46 bits per heavy atom. The Morgan fingerprint density at radius 1 is 1.14 bits per heavy atom. The van der Waals surface area contributed by atoms with Gasteiger partial charge in [-0.15, -0.1) is 0 Å². The van der Waals surface area contributed by atoms with Crippen molar-refractivity contribution < 1.29 is 19.4 Å². The average Bonchev–Trinajstić information content (AvgIpc) is 2.85. The standard InChI is InChI=1S/C26H25Cl2N3O4/c1-15(24-20(27)13-30-14-21(24)28)35-18-9-10-22(31-23-4-2-3-11-34-23)19(12-18)25(29)16-5-7-17(8-6-16)26(32)33/h5-10,12-15,23,29,31H,2-4,11H2,1H3,(H,32,33)/t15-,23?/m1/s1. The fourth-order valence-electron chi connectivity index (χ4n) is 3.97. The minimum atomic E-state index is -1.02. The van der Waals surface area contributed by atoms with E-state index in [1.807, 2.05) is 19.1 Å². The highest BCUT2D eigenvalue weighted by molar-refractivity contribution is 6.35. The van der Waals surface area contributed by atoms with E-state index in [2.05, 4.69) is 10.3 Å². The Labute approximate surface area is 213 Å². The molecular weight excluding hydrogens is 489 g/mol. The molecule has 1 aliphatic heterocycles. The number of anilines is 1. The number of hydrogen-bond acceptors (Lipinski definition) is 6. The van der Waals surface area contributed by atoms with Gasteiger partial charge in [-0.1, -0.05) is 35.3 Å².